The van der Waals surface area contributed by atoms with Gasteiger partial charge in [0.1, 0.15) is 6.04 Å². The first kappa shape index (κ1) is 17.2. The van der Waals surface area contributed by atoms with E-state index in [0.717, 1.165) is 22.3 Å². The maximum absolute atomic E-state index is 12.8. The zero-order valence-electron chi connectivity index (χ0n) is 14.1. The molecule has 0 spiro atoms. The predicted molar refractivity (Wildman–Crippen MR) is 93.0 cm³/mol. The molecule has 1 N–H and O–H groups in total. The molecule has 1 unspecified atom stereocenters. The second kappa shape index (κ2) is 7.49. The van der Waals surface area contributed by atoms with Gasteiger partial charge in [0.05, 0.1) is 13.0 Å². The van der Waals surface area contributed by atoms with E-state index >= 15 is 0 Å². The van der Waals surface area contributed by atoms with Crippen LogP contribution in [0.5, 0.6) is 0 Å². The van der Waals surface area contributed by atoms with E-state index in [1.165, 1.54) is 4.90 Å². The Morgan fingerprint density at radius 2 is 1.84 bits per heavy atom. The number of carbonyl (C=O) groups is 2. The Kier molecular flexibility index (Phi) is 5.14. The van der Waals surface area contributed by atoms with E-state index in [1.807, 2.05) is 48.5 Å². The number of fused-ring (bicyclic) bond motifs is 1. The van der Waals surface area contributed by atoms with Crippen LogP contribution in [-0.2, 0) is 40.3 Å². The normalized spacial score (nSPS) is 16.4. The van der Waals surface area contributed by atoms with Crippen molar-refractivity contribution in [2.75, 3.05) is 7.11 Å². The number of carboxylic acid groups (broad SMARTS) is 1. The van der Waals surface area contributed by atoms with Crippen LogP contribution in [0, 0.1) is 0 Å². The molecule has 1 amide bonds. The first-order valence-corrected chi connectivity index (χ1v) is 8.24. The van der Waals surface area contributed by atoms with Gasteiger partial charge >= 0.3 is 5.97 Å². The summed E-state index contributed by atoms with van der Waals surface area (Å²) in [7, 11) is 1.63. The lowest BCUT2D eigenvalue weighted by Crippen LogP contribution is -2.49. The second-order valence-electron chi connectivity index (χ2n) is 6.28. The number of nitrogens with zero attached hydrogens (tertiary/aromatic N) is 1. The van der Waals surface area contributed by atoms with Gasteiger partial charge in [-0.2, -0.15) is 0 Å². The fourth-order valence-electron chi connectivity index (χ4n) is 3.28. The molecule has 5 nitrogen and oxygen atoms in total. The number of amides is 1. The van der Waals surface area contributed by atoms with Crippen molar-refractivity contribution in [2.45, 2.75) is 32.0 Å². The molecule has 3 rings (SSSR count). The van der Waals surface area contributed by atoms with Crippen molar-refractivity contribution >= 4 is 11.9 Å². The summed E-state index contributed by atoms with van der Waals surface area (Å²) < 4.78 is 5.12. The van der Waals surface area contributed by atoms with E-state index in [2.05, 4.69) is 0 Å². The maximum Gasteiger partial charge on any atom is 0.326 e. The lowest BCUT2D eigenvalue weighted by molar-refractivity contribution is -0.151. The number of carbonyl (C=O) groups excluding carboxylic acids is 1. The summed E-state index contributed by atoms with van der Waals surface area (Å²) in [6.07, 6.45) is 0.532. The highest BCUT2D eigenvalue weighted by atomic mass is 16.5. The molecule has 25 heavy (non-hydrogen) atoms. The molecule has 0 bridgehead atoms. The van der Waals surface area contributed by atoms with Gasteiger partial charge in [-0.25, -0.2) is 4.79 Å². The number of carboxylic acids is 1. The Morgan fingerprint density at radius 3 is 2.56 bits per heavy atom. The van der Waals surface area contributed by atoms with Crippen molar-refractivity contribution in [3.05, 3.63) is 70.8 Å². The van der Waals surface area contributed by atoms with E-state index in [4.69, 9.17) is 4.74 Å². The summed E-state index contributed by atoms with van der Waals surface area (Å²) in [6, 6.07) is 14.5. The Hall–Kier alpha value is -2.66. The third-order valence-corrected chi connectivity index (χ3v) is 4.51. The number of ether oxygens (including phenoxy) is 1. The lowest BCUT2D eigenvalue weighted by atomic mass is 9.93. The molecule has 0 saturated heterocycles. The summed E-state index contributed by atoms with van der Waals surface area (Å²) in [5, 5.41) is 9.55. The van der Waals surface area contributed by atoms with Crippen molar-refractivity contribution in [2.24, 2.45) is 0 Å². The molecule has 0 aliphatic carbocycles. The van der Waals surface area contributed by atoms with Crippen LogP contribution in [0.2, 0.25) is 0 Å². The molecule has 1 heterocycles. The minimum absolute atomic E-state index is 0.170. The van der Waals surface area contributed by atoms with Gasteiger partial charge in [0.2, 0.25) is 5.91 Å². The van der Waals surface area contributed by atoms with Crippen molar-refractivity contribution in [1.29, 1.82) is 0 Å². The molecule has 1 atom stereocenters. The minimum atomic E-state index is -0.962. The largest absolute Gasteiger partial charge is 0.480 e. The summed E-state index contributed by atoms with van der Waals surface area (Å²) in [5.74, 6) is -1.13. The highest BCUT2D eigenvalue weighted by Crippen LogP contribution is 2.24. The molecular formula is C20H21NO4. The van der Waals surface area contributed by atoms with E-state index in [-0.39, 0.29) is 12.3 Å². The Labute approximate surface area is 146 Å². The van der Waals surface area contributed by atoms with Crippen molar-refractivity contribution in [3.8, 4) is 0 Å². The number of hydrogen-bond acceptors (Lipinski definition) is 3. The monoisotopic (exact) mass is 339 g/mol. The third kappa shape index (κ3) is 3.88. The van der Waals surface area contributed by atoms with Gasteiger partial charge in [-0.15, -0.1) is 0 Å². The van der Waals surface area contributed by atoms with Crippen LogP contribution in [0.1, 0.15) is 22.3 Å². The summed E-state index contributed by atoms with van der Waals surface area (Å²) in [5.41, 5.74) is 3.87. The molecule has 2 aromatic rings. The summed E-state index contributed by atoms with van der Waals surface area (Å²) in [4.78, 5) is 25.9. The van der Waals surface area contributed by atoms with Crippen LogP contribution in [0.3, 0.4) is 0 Å². The Bertz CT molecular complexity index is 787. The third-order valence-electron chi connectivity index (χ3n) is 4.51. The van der Waals surface area contributed by atoms with Gasteiger partial charge in [-0.3, -0.25) is 4.79 Å². The molecule has 1 aliphatic rings. The van der Waals surface area contributed by atoms with Gasteiger partial charge in [0.15, 0.2) is 0 Å². The van der Waals surface area contributed by atoms with Crippen LogP contribution in [-0.4, -0.2) is 35.0 Å². The average Bonchev–Trinajstić information content (AvgIpc) is 2.61. The van der Waals surface area contributed by atoms with Crippen molar-refractivity contribution < 1.29 is 19.4 Å². The van der Waals surface area contributed by atoms with Gasteiger partial charge in [0, 0.05) is 20.1 Å². The molecule has 0 radical (unpaired) electrons. The average molecular weight is 339 g/mol. The minimum Gasteiger partial charge on any atom is -0.480 e. The first-order valence-electron chi connectivity index (χ1n) is 8.24. The number of benzene rings is 2. The van der Waals surface area contributed by atoms with Crippen LogP contribution in [0.4, 0.5) is 0 Å². The lowest BCUT2D eigenvalue weighted by Gasteiger charge is -2.34. The number of aliphatic carboxylic acids is 1. The molecule has 0 fully saturated rings. The SMILES string of the molecule is COCc1cccc(CC(=O)N2Cc3ccccc3CC2C(=O)O)c1. The quantitative estimate of drug-likeness (QED) is 0.908. The van der Waals surface area contributed by atoms with Crippen LogP contribution >= 0.6 is 0 Å². The summed E-state index contributed by atoms with van der Waals surface area (Å²) in [6.45, 7) is 0.820. The first-order chi connectivity index (χ1) is 12.1. The molecule has 2 aromatic carbocycles. The molecular weight excluding hydrogens is 318 g/mol. The fourth-order valence-corrected chi connectivity index (χ4v) is 3.28. The smallest absolute Gasteiger partial charge is 0.326 e. The van der Waals surface area contributed by atoms with Gasteiger partial charge in [0.25, 0.3) is 0 Å². The Morgan fingerprint density at radius 1 is 1.12 bits per heavy atom. The van der Waals surface area contributed by atoms with Crippen LogP contribution in [0.25, 0.3) is 0 Å². The number of rotatable bonds is 5. The second-order valence-corrected chi connectivity index (χ2v) is 6.28. The molecule has 130 valence electrons. The van der Waals surface area contributed by atoms with Gasteiger partial charge in [-0.1, -0.05) is 48.5 Å². The van der Waals surface area contributed by atoms with Gasteiger partial charge in [-0.05, 0) is 22.3 Å². The molecule has 1 aliphatic heterocycles. The van der Waals surface area contributed by atoms with E-state index in [1.54, 1.807) is 7.11 Å². The molecule has 0 saturated carbocycles. The Balaban J connectivity index is 1.80. The zero-order valence-corrected chi connectivity index (χ0v) is 14.1. The van der Waals surface area contributed by atoms with Gasteiger partial charge < -0.3 is 14.7 Å². The number of methoxy groups -OCH3 is 1. The maximum atomic E-state index is 12.8. The van der Waals surface area contributed by atoms with E-state index < -0.39 is 12.0 Å². The standard InChI is InChI=1S/C20H21NO4/c1-25-13-15-6-4-5-14(9-15)10-19(22)21-12-17-8-3-2-7-16(17)11-18(21)20(23)24/h2-9,18H,10-13H2,1H3,(H,23,24). The van der Waals surface area contributed by atoms with Crippen molar-refractivity contribution in [3.63, 3.8) is 0 Å². The molecule has 0 aromatic heterocycles. The summed E-state index contributed by atoms with van der Waals surface area (Å²) >= 11 is 0. The van der Waals surface area contributed by atoms with Crippen LogP contribution in [0.15, 0.2) is 48.5 Å². The molecule has 5 heteroatoms. The highest BCUT2D eigenvalue weighted by molar-refractivity contribution is 5.85. The number of hydrogen-bond donors (Lipinski definition) is 1. The van der Waals surface area contributed by atoms with Crippen molar-refractivity contribution in [1.82, 2.24) is 4.90 Å². The zero-order chi connectivity index (χ0) is 17.8. The highest BCUT2D eigenvalue weighted by Gasteiger charge is 2.34. The predicted octanol–water partition coefficient (Wildman–Crippen LogP) is 2.41. The van der Waals surface area contributed by atoms with E-state index in [9.17, 15) is 14.7 Å². The topological polar surface area (TPSA) is 66.8 Å². The fraction of sp³-hybridized carbons (Fsp3) is 0.300. The van der Waals surface area contributed by atoms with E-state index in [0.29, 0.717) is 19.6 Å². The van der Waals surface area contributed by atoms with Crippen LogP contribution < -0.4 is 0 Å².